The van der Waals surface area contributed by atoms with Gasteiger partial charge < -0.3 is 5.32 Å². The zero-order valence-electron chi connectivity index (χ0n) is 12.3. The summed E-state index contributed by atoms with van der Waals surface area (Å²) in [5.74, 6) is 0. The molecule has 0 spiro atoms. The highest BCUT2D eigenvalue weighted by Gasteiger charge is 2.30. The highest BCUT2D eigenvalue weighted by molar-refractivity contribution is 5.68. The molecule has 0 heterocycles. The molecule has 2 aromatic carbocycles. The average molecular weight is 293 g/mol. The van der Waals surface area contributed by atoms with Crippen LogP contribution in [0.2, 0.25) is 0 Å². The molecule has 1 atom stereocenters. The van der Waals surface area contributed by atoms with Crippen LogP contribution in [0.3, 0.4) is 0 Å². The number of benzene rings is 2. The molecule has 0 aliphatic heterocycles. The molecule has 2 rings (SSSR count). The van der Waals surface area contributed by atoms with Gasteiger partial charge in [-0.05, 0) is 55.3 Å². The molecule has 2 aromatic rings. The van der Waals surface area contributed by atoms with Crippen molar-refractivity contribution in [3.05, 3.63) is 59.2 Å². The Balaban J connectivity index is 2.34. The van der Waals surface area contributed by atoms with Crippen molar-refractivity contribution in [2.24, 2.45) is 0 Å². The van der Waals surface area contributed by atoms with Gasteiger partial charge in [-0.1, -0.05) is 30.3 Å². The SMILES string of the molecule is CNC(C)c1ccc(-c2ccc(C(F)(F)F)cc2C)cc1. The van der Waals surface area contributed by atoms with Crippen LogP contribution in [-0.4, -0.2) is 7.05 Å². The monoisotopic (exact) mass is 293 g/mol. The quantitative estimate of drug-likeness (QED) is 0.843. The highest BCUT2D eigenvalue weighted by atomic mass is 19.4. The van der Waals surface area contributed by atoms with Gasteiger partial charge >= 0.3 is 6.18 Å². The second kappa shape index (κ2) is 5.90. The maximum absolute atomic E-state index is 12.7. The van der Waals surface area contributed by atoms with Gasteiger partial charge in [-0.3, -0.25) is 0 Å². The van der Waals surface area contributed by atoms with E-state index >= 15 is 0 Å². The van der Waals surface area contributed by atoms with Crippen molar-refractivity contribution < 1.29 is 13.2 Å². The fourth-order valence-corrected chi connectivity index (χ4v) is 2.28. The predicted molar refractivity (Wildman–Crippen MR) is 79.1 cm³/mol. The minimum Gasteiger partial charge on any atom is -0.313 e. The largest absolute Gasteiger partial charge is 0.416 e. The Bertz CT molecular complexity index is 615. The number of nitrogens with one attached hydrogen (secondary N) is 1. The Morgan fingerprint density at radius 2 is 1.62 bits per heavy atom. The van der Waals surface area contributed by atoms with Crippen molar-refractivity contribution in [3.8, 4) is 11.1 Å². The maximum Gasteiger partial charge on any atom is 0.416 e. The summed E-state index contributed by atoms with van der Waals surface area (Å²) in [6, 6.07) is 12.0. The van der Waals surface area contributed by atoms with E-state index in [1.165, 1.54) is 12.1 Å². The van der Waals surface area contributed by atoms with Crippen LogP contribution in [0.1, 0.15) is 29.7 Å². The molecule has 0 saturated heterocycles. The number of rotatable bonds is 3. The standard InChI is InChI=1S/C17H18F3N/c1-11-10-15(17(18,19)20)8-9-16(11)14-6-4-13(5-7-14)12(2)21-3/h4-10,12,21H,1-3H3. The van der Waals surface area contributed by atoms with E-state index in [-0.39, 0.29) is 6.04 Å². The summed E-state index contributed by atoms with van der Waals surface area (Å²) in [5, 5.41) is 3.15. The lowest BCUT2D eigenvalue weighted by molar-refractivity contribution is -0.137. The fraction of sp³-hybridized carbons (Fsp3) is 0.294. The van der Waals surface area contributed by atoms with Gasteiger partial charge in [0.05, 0.1) is 5.56 Å². The molecule has 4 heteroatoms. The van der Waals surface area contributed by atoms with E-state index < -0.39 is 11.7 Å². The van der Waals surface area contributed by atoms with Crippen molar-refractivity contribution in [3.63, 3.8) is 0 Å². The van der Waals surface area contributed by atoms with Crippen LogP contribution in [0.15, 0.2) is 42.5 Å². The van der Waals surface area contributed by atoms with Crippen LogP contribution in [0.25, 0.3) is 11.1 Å². The van der Waals surface area contributed by atoms with Crippen molar-refractivity contribution >= 4 is 0 Å². The molecule has 0 amide bonds. The Morgan fingerprint density at radius 1 is 1.00 bits per heavy atom. The second-order valence-electron chi connectivity index (χ2n) is 5.16. The number of alkyl halides is 3. The summed E-state index contributed by atoms with van der Waals surface area (Å²) >= 11 is 0. The molecule has 0 radical (unpaired) electrons. The molecule has 0 aliphatic rings. The Morgan fingerprint density at radius 3 is 2.10 bits per heavy atom. The summed E-state index contributed by atoms with van der Waals surface area (Å²) in [7, 11) is 1.89. The van der Waals surface area contributed by atoms with Crippen LogP contribution in [0, 0.1) is 6.92 Å². The van der Waals surface area contributed by atoms with Crippen molar-refractivity contribution in [1.29, 1.82) is 0 Å². The first-order chi connectivity index (χ1) is 9.82. The second-order valence-corrected chi connectivity index (χ2v) is 5.16. The first kappa shape index (κ1) is 15.6. The topological polar surface area (TPSA) is 12.0 Å². The first-order valence-corrected chi connectivity index (χ1v) is 6.78. The third-order valence-corrected chi connectivity index (χ3v) is 3.71. The normalized spacial score (nSPS) is 13.2. The zero-order chi connectivity index (χ0) is 15.6. The van der Waals surface area contributed by atoms with E-state index in [2.05, 4.69) is 12.2 Å². The van der Waals surface area contributed by atoms with Crippen LogP contribution >= 0.6 is 0 Å². The van der Waals surface area contributed by atoms with E-state index in [0.29, 0.717) is 5.56 Å². The third kappa shape index (κ3) is 3.45. The van der Waals surface area contributed by atoms with Gasteiger partial charge in [-0.2, -0.15) is 13.2 Å². The van der Waals surface area contributed by atoms with Gasteiger partial charge in [0.2, 0.25) is 0 Å². The number of hydrogen-bond donors (Lipinski definition) is 1. The summed E-state index contributed by atoms with van der Waals surface area (Å²) in [5.41, 5.74) is 2.91. The molecule has 0 aromatic heterocycles. The Kier molecular flexibility index (Phi) is 4.37. The fourth-order valence-electron chi connectivity index (χ4n) is 2.28. The predicted octanol–water partition coefficient (Wildman–Crippen LogP) is 4.96. The molecule has 1 nitrogen and oxygen atoms in total. The van der Waals surface area contributed by atoms with E-state index in [1.807, 2.05) is 31.3 Å². The zero-order valence-corrected chi connectivity index (χ0v) is 12.3. The molecule has 21 heavy (non-hydrogen) atoms. The average Bonchev–Trinajstić information content (AvgIpc) is 2.45. The van der Waals surface area contributed by atoms with Crippen LogP contribution < -0.4 is 5.32 Å². The summed E-state index contributed by atoms with van der Waals surface area (Å²) in [4.78, 5) is 0. The maximum atomic E-state index is 12.7. The molecular weight excluding hydrogens is 275 g/mol. The molecule has 0 fully saturated rings. The molecular formula is C17H18F3N. The molecule has 1 unspecified atom stereocenters. The van der Waals surface area contributed by atoms with Crippen molar-refractivity contribution in [2.45, 2.75) is 26.1 Å². The third-order valence-electron chi connectivity index (χ3n) is 3.71. The van der Waals surface area contributed by atoms with Crippen LogP contribution in [0.4, 0.5) is 13.2 Å². The highest BCUT2D eigenvalue weighted by Crippen LogP contribution is 2.33. The van der Waals surface area contributed by atoms with Gasteiger partial charge in [0, 0.05) is 6.04 Å². The number of hydrogen-bond acceptors (Lipinski definition) is 1. The van der Waals surface area contributed by atoms with Gasteiger partial charge in [0.25, 0.3) is 0 Å². The van der Waals surface area contributed by atoms with Crippen LogP contribution in [0.5, 0.6) is 0 Å². The van der Waals surface area contributed by atoms with E-state index in [0.717, 1.165) is 22.8 Å². The summed E-state index contributed by atoms with van der Waals surface area (Å²) in [6.45, 7) is 3.76. The lowest BCUT2D eigenvalue weighted by atomic mass is 9.96. The molecule has 1 N–H and O–H groups in total. The van der Waals surface area contributed by atoms with Crippen LogP contribution in [-0.2, 0) is 6.18 Å². The smallest absolute Gasteiger partial charge is 0.313 e. The van der Waals surface area contributed by atoms with Gasteiger partial charge in [0.1, 0.15) is 0 Å². The molecule has 0 bridgehead atoms. The Hall–Kier alpha value is -1.81. The van der Waals surface area contributed by atoms with E-state index in [4.69, 9.17) is 0 Å². The summed E-state index contributed by atoms with van der Waals surface area (Å²) in [6.07, 6.45) is -4.30. The summed E-state index contributed by atoms with van der Waals surface area (Å²) < 4.78 is 38.0. The number of halogens is 3. The van der Waals surface area contributed by atoms with Gasteiger partial charge in [0.15, 0.2) is 0 Å². The first-order valence-electron chi connectivity index (χ1n) is 6.78. The number of aryl methyl sites for hydroxylation is 1. The minimum atomic E-state index is -4.30. The van der Waals surface area contributed by atoms with Gasteiger partial charge in [-0.25, -0.2) is 0 Å². The lowest BCUT2D eigenvalue weighted by Crippen LogP contribution is -2.11. The molecule has 0 aliphatic carbocycles. The van der Waals surface area contributed by atoms with Crippen molar-refractivity contribution in [2.75, 3.05) is 7.05 Å². The Labute approximate surface area is 122 Å². The van der Waals surface area contributed by atoms with E-state index in [1.54, 1.807) is 6.92 Å². The van der Waals surface area contributed by atoms with Crippen molar-refractivity contribution in [1.82, 2.24) is 5.32 Å². The van der Waals surface area contributed by atoms with Gasteiger partial charge in [-0.15, -0.1) is 0 Å². The minimum absolute atomic E-state index is 0.243. The molecule has 0 saturated carbocycles. The van der Waals surface area contributed by atoms with E-state index in [9.17, 15) is 13.2 Å². The molecule has 112 valence electrons. The lowest BCUT2D eigenvalue weighted by Gasteiger charge is -2.13.